The Bertz CT molecular complexity index is 1870. The van der Waals surface area contributed by atoms with Gasteiger partial charge < -0.3 is 47.7 Å². The lowest BCUT2D eigenvalue weighted by Gasteiger charge is -2.46. The smallest absolute Gasteiger partial charge is 0.186 e. The number of ether oxygens (including phenoxy) is 9. The van der Waals surface area contributed by atoms with Gasteiger partial charge in [-0.3, -0.25) is 0 Å². The van der Waals surface area contributed by atoms with Crippen LogP contribution in [0.3, 0.4) is 0 Å². The van der Waals surface area contributed by atoms with E-state index in [1.54, 1.807) is 7.11 Å². The lowest BCUT2D eigenvalue weighted by atomic mass is 9.97. The van der Waals surface area contributed by atoms with Gasteiger partial charge >= 0.3 is 0 Å². The van der Waals surface area contributed by atoms with Gasteiger partial charge in [0.05, 0.1) is 45.7 Å². The molecule has 2 fully saturated rings. The molecular formula is C48H54O10. The number of aliphatic hydroxyl groups is 1. The predicted octanol–water partition coefficient (Wildman–Crippen LogP) is 7.41. The van der Waals surface area contributed by atoms with Crippen LogP contribution < -0.4 is 0 Å². The summed E-state index contributed by atoms with van der Waals surface area (Å²) in [5, 5.41) is 12.0. The van der Waals surface area contributed by atoms with Crippen molar-refractivity contribution in [3.05, 3.63) is 179 Å². The Balaban J connectivity index is 1.12. The van der Waals surface area contributed by atoms with E-state index in [1.807, 2.05) is 159 Å². The number of hydrogen-bond acceptors (Lipinski definition) is 10. The molecule has 0 unspecified atom stereocenters. The normalized spacial score (nSPS) is 27.3. The average molecular weight is 791 g/mol. The van der Waals surface area contributed by atoms with Crippen LogP contribution in [0.5, 0.6) is 0 Å². The fraction of sp³-hybridized carbons (Fsp3) is 0.375. The van der Waals surface area contributed by atoms with Gasteiger partial charge in [-0.25, -0.2) is 0 Å². The topological polar surface area (TPSA) is 103 Å². The molecule has 0 radical (unpaired) electrons. The van der Waals surface area contributed by atoms with Crippen LogP contribution in [0.15, 0.2) is 152 Å². The molecule has 1 N–H and O–H groups in total. The zero-order valence-electron chi connectivity index (χ0n) is 33.1. The monoisotopic (exact) mass is 790 g/mol. The number of rotatable bonds is 19. The van der Waals surface area contributed by atoms with Crippen LogP contribution in [-0.2, 0) is 75.7 Å². The van der Waals surface area contributed by atoms with Gasteiger partial charge in [0.15, 0.2) is 12.6 Å². The van der Waals surface area contributed by atoms with Crippen LogP contribution in [0, 0.1) is 0 Å². The van der Waals surface area contributed by atoms with Crippen LogP contribution in [0.4, 0.5) is 0 Å². The van der Waals surface area contributed by atoms with Crippen molar-refractivity contribution in [2.24, 2.45) is 0 Å². The molecule has 0 bridgehead atoms. The van der Waals surface area contributed by atoms with Crippen LogP contribution in [0.25, 0.3) is 0 Å². The van der Waals surface area contributed by atoms with Crippen molar-refractivity contribution in [2.45, 2.75) is 101 Å². The molecule has 10 atom stereocenters. The Morgan fingerprint density at radius 2 is 0.759 bits per heavy atom. The molecule has 0 aromatic heterocycles. The van der Waals surface area contributed by atoms with E-state index < -0.39 is 61.4 Å². The van der Waals surface area contributed by atoms with E-state index in [2.05, 4.69) is 0 Å². The minimum atomic E-state index is -1.15. The quantitative estimate of drug-likeness (QED) is 0.0911. The van der Waals surface area contributed by atoms with E-state index >= 15 is 0 Å². The molecule has 2 aliphatic heterocycles. The van der Waals surface area contributed by atoms with Gasteiger partial charge in [-0.05, 0) is 34.7 Å². The molecule has 2 aliphatic rings. The van der Waals surface area contributed by atoms with E-state index in [-0.39, 0.29) is 26.4 Å². The van der Waals surface area contributed by atoms with Crippen molar-refractivity contribution in [3.63, 3.8) is 0 Å². The fourth-order valence-electron chi connectivity index (χ4n) is 7.31. The second kappa shape index (κ2) is 21.6. The van der Waals surface area contributed by atoms with Gasteiger partial charge in [0.25, 0.3) is 0 Å². The zero-order valence-corrected chi connectivity index (χ0v) is 33.1. The van der Waals surface area contributed by atoms with Crippen LogP contribution in [-0.4, -0.2) is 80.2 Å². The summed E-state index contributed by atoms with van der Waals surface area (Å²) in [6.45, 7) is 3.38. The van der Waals surface area contributed by atoms with E-state index in [0.717, 1.165) is 27.8 Å². The van der Waals surface area contributed by atoms with E-state index in [9.17, 15) is 5.11 Å². The van der Waals surface area contributed by atoms with Gasteiger partial charge in [0.1, 0.15) is 42.7 Å². The molecule has 10 nitrogen and oxygen atoms in total. The molecule has 5 aromatic rings. The molecule has 0 saturated carbocycles. The minimum absolute atomic E-state index is 0.0683. The Morgan fingerprint density at radius 1 is 0.414 bits per heavy atom. The molecule has 2 saturated heterocycles. The number of hydrogen-bond donors (Lipinski definition) is 1. The zero-order chi connectivity index (χ0) is 39.9. The summed E-state index contributed by atoms with van der Waals surface area (Å²) in [5.41, 5.74) is 4.95. The Labute approximate surface area is 341 Å². The van der Waals surface area contributed by atoms with Gasteiger partial charge in [-0.15, -0.1) is 0 Å². The standard InChI is InChI=1S/C48H54O10/c1-34-42(51-28-35-18-8-3-9-19-35)44(53-30-37-22-12-5-13-23-37)46(55-32-39-26-16-7-17-27-39)48(57-34)56-33-40-41(49)43(52-29-36-20-10-4-11-21-36)45(47(50-2)58-40)54-31-38-24-14-6-15-25-38/h3-27,34,40-49H,28-33H2,1-2H3/t34-,40+,41-,42+,43-,44+,45+,46-,47-,48-/m0/s1. The lowest BCUT2D eigenvalue weighted by molar-refractivity contribution is -0.344. The van der Waals surface area contributed by atoms with E-state index in [4.69, 9.17) is 42.6 Å². The summed E-state index contributed by atoms with van der Waals surface area (Å²) in [7, 11) is 1.55. The third-order valence-electron chi connectivity index (χ3n) is 10.4. The summed E-state index contributed by atoms with van der Waals surface area (Å²) >= 11 is 0. The van der Waals surface area contributed by atoms with Crippen LogP contribution in [0.2, 0.25) is 0 Å². The summed E-state index contributed by atoms with van der Waals surface area (Å²) in [4.78, 5) is 0. The van der Waals surface area contributed by atoms with Crippen molar-refractivity contribution in [1.82, 2.24) is 0 Å². The van der Waals surface area contributed by atoms with E-state index in [0.29, 0.717) is 13.2 Å². The number of benzene rings is 5. The predicted molar refractivity (Wildman–Crippen MR) is 217 cm³/mol. The lowest BCUT2D eigenvalue weighted by Crippen LogP contribution is -2.62. The summed E-state index contributed by atoms with van der Waals surface area (Å²) in [5.74, 6) is 0. The first-order valence-electron chi connectivity index (χ1n) is 20.0. The third-order valence-corrected chi connectivity index (χ3v) is 10.4. The molecule has 5 aromatic carbocycles. The molecule has 7 rings (SSSR count). The molecule has 306 valence electrons. The Morgan fingerprint density at radius 3 is 1.16 bits per heavy atom. The highest BCUT2D eigenvalue weighted by Crippen LogP contribution is 2.33. The second-order valence-corrected chi connectivity index (χ2v) is 14.6. The summed E-state index contributed by atoms with van der Waals surface area (Å²) < 4.78 is 58.3. The van der Waals surface area contributed by atoms with E-state index in [1.165, 1.54) is 0 Å². The SMILES string of the molecule is CO[C@H]1O[C@H](CO[C@H]2O[C@@H](C)[C@@H](OCc3ccccc3)[C@@H](OCc3ccccc3)[C@@H]2OCc2ccccc2)[C@H](O)[C@H](OCc2ccccc2)[C@H]1OCc1ccccc1. The van der Waals surface area contributed by atoms with Crippen molar-refractivity contribution in [2.75, 3.05) is 13.7 Å². The third kappa shape index (κ3) is 11.5. The van der Waals surface area contributed by atoms with Gasteiger partial charge in [0.2, 0.25) is 0 Å². The molecule has 2 heterocycles. The van der Waals surface area contributed by atoms with Gasteiger partial charge in [-0.1, -0.05) is 152 Å². The highest BCUT2D eigenvalue weighted by Gasteiger charge is 2.50. The average Bonchev–Trinajstić information content (AvgIpc) is 3.27. The van der Waals surface area contributed by atoms with Gasteiger partial charge in [-0.2, -0.15) is 0 Å². The van der Waals surface area contributed by atoms with Crippen molar-refractivity contribution in [1.29, 1.82) is 0 Å². The highest BCUT2D eigenvalue weighted by atomic mass is 16.7. The van der Waals surface area contributed by atoms with Crippen molar-refractivity contribution in [3.8, 4) is 0 Å². The van der Waals surface area contributed by atoms with Gasteiger partial charge in [0, 0.05) is 7.11 Å². The maximum atomic E-state index is 12.0. The first kappa shape index (κ1) is 41.8. The van der Waals surface area contributed by atoms with Crippen molar-refractivity contribution >= 4 is 0 Å². The second-order valence-electron chi connectivity index (χ2n) is 14.6. The van der Waals surface area contributed by atoms with Crippen LogP contribution in [0.1, 0.15) is 34.7 Å². The first-order chi connectivity index (χ1) is 28.6. The number of methoxy groups -OCH3 is 1. The molecule has 10 heteroatoms. The fourth-order valence-corrected chi connectivity index (χ4v) is 7.31. The molecule has 58 heavy (non-hydrogen) atoms. The molecular weight excluding hydrogens is 737 g/mol. The summed E-state index contributed by atoms with van der Waals surface area (Å²) in [6.07, 6.45) is -7.63. The largest absolute Gasteiger partial charge is 0.387 e. The Kier molecular flexibility index (Phi) is 15.6. The van der Waals surface area contributed by atoms with Crippen molar-refractivity contribution < 1.29 is 47.7 Å². The first-order valence-corrected chi connectivity index (χ1v) is 20.0. The highest BCUT2D eigenvalue weighted by molar-refractivity contribution is 5.17. The molecule has 0 amide bonds. The Hall–Kier alpha value is -4.30. The molecule has 0 spiro atoms. The minimum Gasteiger partial charge on any atom is -0.387 e. The molecule has 0 aliphatic carbocycles. The number of aliphatic hydroxyl groups excluding tert-OH is 1. The maximum absolute atomic E-state index is 12.0. The maximum Gasteiger partial charge on any atom is 0.186 e. The summed E-state index contributed by atoms with van der Waals surface area (Å²) in [6, 6.07) is 49.6. The van der Waals surface area contributed by atoms with Crippen LogP contribution >= 0.6 is 0 Å².